The fourth-order valence-corrected chi connectivity index (χ4v) is 3.67. The first kappa shape index (κ1) is 28.3. The number of nitrogens with one attached hydrogen (secondary N) is 2. The quantitative estimate of drug-likeness (QED) is 0.133. The largest absolute Gasteiger partial charge is 0.497 e. The summed E-state index contributed by atoms with van der Waals surface area (Å²) in [6.45, 7) is 6.50. The van der Waals surface area contributed by atoms with Crippen LogP contribution in [0.5, 0.6) is 11.5 Å². The second-order valence-electron chi connectivity index (χ2n) is 7.73. The van der Waals surface area contributed by atoms with Gasteiger partial charge in [0.25, 0.3) is 0 Å². The summed E-state index contributed by atoms with van der Waals surface area (Å²) in [6, 6.07) is 6.39. The van der Waals surface area contributed by atoms with Gasteiger partial charge in [-0.2, -0.15) is 0 Å². The minimum atomic E-state index is -0.142. The van der Waals surface area contributed by atoms with Crippen LogP contribution < -0.4 is 20.1 Å². The number of benzene rings is 1. The summed E-state index contributed by atoms with van der Waals surface area (Å²) in [6.07, 6.45) is 4.33. The third-order valence-electron chi connectivity index (χ3n) is 5.31. The summed E-state index contributed by atoms with van der Waals surface area (Å²) in [5.74, 6) is 2.36. The molecule has 9 heteroatoms. The van der Waals surface area contributed by atoms with E-state index in [0.717, 1.165) is 75.9 Å². The van der Waals surface area contributed by atoms with E-state index in [0.29, 0.717) is 12.5 Å². The maximum Gasteiger partial charge on any atom is 0.305 e. The number of carbonyl (C=O) groups excluding carboxylic acids is 1. The molecule has 1 unspecified atom stereocenters. The summed E-state index contributed by atoms with van der Waals surface area (Å²) in [7, 11) is 4.78. The maximum absolute atomic E-state index is 11.2. The van der Waals surface area contributed by atoms with Gasteiger partial charge in [-0.1, -0.05) is 6.42 Å². The predicted molar refractivity (Wildman–Crippen MR) is 138 cm³/mol. The maximum atomic E-state index is 11.2. The van der Waals surface area contributed by atoms with Crippen molar-refractivity contribution in [3.8, 4) is 11.5 Å². The van der Waals surface area contributed by atoms with Crippen molar-refractivity contribution in [2.75, 3.05) is 47.5 Å². The number of unbranched alkanes of at least 4 members (excludes halogenated alkanes) is 2. The van der Waals surface area contributed by atoms with Crippen LogP contribution in [0.1, 0.15) is 44.6 Å². The molecular formula is C23H39IN4O4. The molecule has 0 radical (unpaired) electrons. The lowest BCUT2D eigenvalue weighted by Crippen LogP contribution is -2.44. The summed E-state index contributed by atoms with van der Waals surface area (Å²) >= 11 is 0. The third-order valence-corrected chi connectivity index (χ3v) is 5.31. The van der Waals surface area contributed by atoms with Crippen LogP contribution in [-0.2, 0) is 16.1 Å². The Labute approximate surface area is 209 Å². The van der Waals surface area contributed by atoms with E-state index in [2.05, 4.69) is 39.3 Å². The first-order valence-electron chi connectivity index (χ1n) is 11.1. The highest BCUT2D eigenvalue weighted by atomic mass is 127. The Morgan fingerprint density at radius 1 is 1.12 bits per heavy atom. The average molecular weight is 562 g/mol. The van der Waals surface area contributed by atoms with Gasteiger partial charge in [-0.25, -0.2) is 0 Å². The summed E-state index contributed by atoms with van der Waals surface area (Å²) < 4.78 is 15.4. The summed E-state index contributed by atoms with van der Waals surface area (Å²) in [5, 5.41) is 6.91. The number of esters is 1. The number of hydrogen-bond acceptors (Lipinski definition) is 6. The Hall–Kier alpha value is -1.75. The van der Waals surface area contributed by atoms with E-state index in [1.54, 1.807) is 14.2 Å². The number of nitrogens with zero attached hydrogens (tertiary/aromatic N) is 2. The number of guanidine groups is 1. The van der Waals surface area contributed by atoms with Crippen LogP contribution in [0.25, 0.3) is 0 Å². The van der Waals surface area contributed by atoms with Crippen molar-refractivity contribution < 1.29 is 19.0 Å². The molecule has 182 valence electrons. The van der Waals surface area contributed by atoms with Crippen LogP contribution in [0.4, 0.5) is 0 Å². The molecule has 1 heterocycles. The van der Waals surface area contributed by atoms with Crippen LogP contribution in [0.3, 0.4) is 0 Å². The van der Waals surface area contributed by atoms with Gasteiger partial charge >= 0.3 is 5.97 Å². The smallest absolute Gasteiger partial charge is 0.305 e. The molecule has 2 rings (SSSR count). The molecule has 0 bridgehead atoms. The lowest BCUT2D eigenvalue weighted by molar-refractivity contribution is -0.140. The molecule has 1 saturated heterocycles. The zero-order valence-electron chi connectivity index (χ0n) is 19.8. The van der Waals surface area contributed by atoms with Crippen molar-refractivity contribution in [1.29, 1.82) is 0 Å². The monoisotopic (exact) mass is 562 g/mol. The van der Waals surface area contributed by atoms with Crippen molar-refractivity contribution in [3.05, 3.63) is 23.8 Å². The Balaban J connectivity index is 0.00000512. The van der Waals surface area contributed by atoms with E-state index in [9.17, 15) is 4.79 Å². The number of likely N-dealkylation sites (tertiary alicyclic amines) is 1. The van der Waals surface area contributed by atoms with Gasteiger partial charge < -0.3 is 24.8 Å². The minimum Gasteiger partial charge on any atom is -0.497 e. The third kappa shape index (κ3) is 10.2. The van der Waals surface area contributed by atoms with Gasteiger partial charge in [0.1, 0.15) is 11.5 Å². The van der Waals surface area contributed by atoms with Crippen molar-refractivity contribution in [3.63, 3.8) is 0 Å². The molecule has 1 aromatic carbocycles. The molecule has 0 aromatic heterocycles. The van der Waals surface area contributed by atoms with Crippen molar-refractivity contribution in [1.82, 2.24) is 15.5 Å². The molecule has 0 saturated carbocycles. The fraction of sp³-hybridized carbons (Fsp3) is 0.652. The molecular weight excluding hydrogens is 523 g/mol. The Kier molecular flexibility index (Phi) is 14.1. The molecule has 1 aliphatic rings. The van der Waals surface area contributed by atoms with Crippen molar-refractivity contribution in [2.24, 2.45) is 4.99 Å². The number of methoxy groups -OCH3 is 3. The van der Waals surface area contributed by atoms with Crippen LogP contribution in [0, 0.1) is 0 Å². The van der Waals surface area contributed by atoms with Gasteiger partial charge in [0.15, 0.2) is 5.96 Å². The van der Waals surface area contributed by atoms with Gasteiger partial charge in [-0.15, -0.1) is 24.0 Å². The molecule has 0 spiro atoms. The average Bonchev–Trinajstić information content (AvgIpc) is 3.22. The predicted octanol–water partition coefficient (Wildman–Crippen LogP) is 3.18. The Morgan fingerprint density at radius 2 is 1.84 bits per heavy atom. The lowest BCUT2D eigenvalue weighted by atomic mass is 10.2. The molecule has 8 nitrogen and oxygen atoms in total. The normalized spacial score (nSPS) is 16.2. The first-order valence-corrected chi connectivity index (χ1v) is 11.1. The van der Waals surface area contributed by atoms with Crippen molar-refractivity contribution in [2.45, 2.75) is 51.6 Å². The molecule has 0 amide bonds. The Morgan fingerprint density at radius 3 is 2.47 bits per heavy atom. The van der Waals surface area contributed by atoms with Gasteiger partial charge in [0, 0.05) is 51.3 Å². The topological polar surface area (TPSA) is 84.4 Å². The van der Waals surface area contributed by atoms with Crippen molar-refractivity contribution >= 4 is 35.9 Å². The molecule has 0 aliphatic carbocycles. The first-order chi connectivity index (χ1) is 15.1. The molecule has 2 N–H and O–H groups in total. The van der Waals surface area contributed by atoms with Gasteiger partial charge in [0.2, 0.25) is 0 Å². The van der Waals surface area contributed by atoms with Crippen LogP contribution >= 0.6 is 24.0 Å². The highest BCUT2D eigenvalue weighted by Gasteiger charge is 2.23. The van der Waals surface area contributed by atoms with E-state index < -0.39 is 0 Å². The van der Waals surface area contributed by atoms with Gasteiger partial charge in [-0.3, -0.25) is 14.7 Å². The number of carbonyl (C=O) groups is 1. The molecule has 1 fully saturated rings. The second-order valence-corrected chi connectivity index (χ2v) is 7.73. The van der Waals surface area contributed by atoms with Crippen LogP contribution in [0.2, 0.25) is 0 Å². The van der Waals surface area contributed by atoms with Gasteiger partial charge in [0.05, 0.1) is 21.3 Å². The van der Waals surface area contributed by atoms with E-state index in [4.69, 9.17) is 14.5 Å². The number of aliphatic imine (C=N–C) groups is 1. The standard InChI is InChI=1S/C23H38N4O4.HI/c1-5-24-23(25-11-8-6-7-9-22(28)31-4)26-19-10-12-27(17-19)16-18-13-20(29-2)15-21(14-18)30-3;/h13-15,19H,5-12,16-17H2,1-4H3,(H2,24,25,26);1H. The molecule has 1 atom stereocenters. The lowest BCUT2D eigenvalue weighted by Gasteiger charge is -2.19. The number of rotatable bonds is 12. The number of halogens is 1. The van der Waals surface area contributed by atoms with Gasteiger partial charge in [-0.05, 0) is 43.9 Å². The van der Waals surface area contributed by atoms with E-state index in [1.165, 1.54) is 12.7 Å². The molecule has 32 heavy (non-hydrogen) atoms. The Bertz CT molecular complexity index is 695. The zero-order chi connectivity index (χ0) is 22.5. The highest BCUT2D eigenvalue weighted by Crippen LogP contribution is 2.24. The highest BCUT2D eigenvalue weighted by molar-refractivity contribution is 14.0. The number of hydrogen-bond donors (Lipinski definition) is 2. The second kappa shape index (κ2) is 16.0. The zero-order valence-corrected chi connectivity index (χ0v) is 22.1. The van der Waals surface area contributed by atoms with Crippen LogP contribution in [-0.4, -0.2) is 70.4 Å². The SMILES string of the molecule is CCNC(=NCCCCCC(=O)OC)NC1CCN(Cc2cc(OC)cc(OC)c2)C1.I. The summed E-state index contributed by atoms with van der Waals surface area (Å²) in [5.41, 5.74) is 1.18. The summed E-state index contributed by atoms with van der Waals surface area (Å²) in [4.78, 5) is 18.3. The molecule has 1 aromatic rings. The number of ether oxygens (including phenoxy) is 3. The molecule has 1 aliphatic heterocycles. The fourth-order valence-electron chi connectivity index (χ4n) is 3.67. The van der Waals surface area contributed by atoms with E-state index in [1.807, 2.05) is 6.07 Å². The minimum absolute atomic E-state index is 0. The van der Waals surface area contributed by atoms with E-state index in [-0.39, 0.29) is 29.9 Å². The van der Waals surface area contributed by atoms with E-state index >= 15 is 0 Å². The van der Waals surface area contributed by atoms with Crippen LogP contribution in [0.15, 0.2) is 23.2 Å².